The predicted molar refractivity (Wildman–Crippen MR) is 86.1 cm³/mol. The summed E-state index contributed by atoms with van der Waals surface area (Å²) in [7, 11) is 1.90. The van der Waals surface area contributed by atoms with Crippen molar-refractivity contribution in [3.8, 4) is 0 Å². The Kier molecular flexibility index (Phi) is 4.28. The van der Waals surface area contributed by atoms with E-state index in [0.717, 1.165) is 42.9 Å². The Morgan fingerprint density at radius 3 is 2.74 bits per heavy atom. The molecule has 3 rings (SSSR count). The maximum atomic E-state index is 12.7. The lowest BCUT2D eigenvalue weighted by Gasteiger charge is -2.37. The van der Waals surface area contributed by atoms with E-state index in [1.165, 1.54) is 0 Å². The van der Waals surface area contributed by atoms with E-state index in [-0.39, 0.29) is 18.0 Å². The average Bonchev–Trinajstić information content (AvgIpc) is 3.06. The molecule has 0 saturated carbocycles. The van der Waals surface area contributed by atoms with Gasteiger partial charge in [-0.3, -0.25) is 9.48 Å². The van der Waals surface area contributed by atoms with E-state index < -0.39 is 0 Å². The normalized spacial score (nSPS) is 21.7. The minimum Gasteiger partial charge on any atom is -0.340 e. The molecule has 1 atom stereocenters. The van der Waals surface area contributed by atoms with Crippen LogP contribution in [0, 0.1) is 13.8 Å². The third kappa shape index (κ3) is 3.04. The topological polar surface area (TPSA) is 70.5 Å². The fraction of sp³-hybridized carbons (Fsp3) is 0.688. The van der Waals surface area contributed by atoms with E-state index in [0.29, 0.717) is 19.5 Å². The number of urea groups is 1. The number of piperidine rings is 1. The van der Waals surface area contributed by atoms with Gasteiger partial charge < -0.3 is 15.1 Å². The summed E-state index contributed by atoms with van der Waals surface area (Å²) in [6, 6.07) is 0.148. The van der Waals surface area contributed by atoms with Crippen LogP contribution in [0.4, 0.5) is 4.79 Å². The van der Waals surface area contributed by atoms with E-state index in [1.54, 1.807) is 0 Å². The number of hydrogen-bond acceptors (Lipinski definition) is 3. The molecule has 2 aliphatic heterocycles. The summed E-state index contributed by atoms with van der Waals surface area (Å²) in [4.78, 5) is 28.3. The van der Waals surface area contributed by atoms with Crippen molar-refractivity contribution in [3.63, 3.8) is 0 Å². The highest BCUT2D eigenvalue weighted by molar-refractivity contribution is 5.80. The first kappa shape index (κ1) is 15.8. The first-order chi connectivity index (χ1) is 11.0. The highest BCUT2D eigenvalue weighted by Gasteiger charge is 2.33. The molecule has 7 heteroatoms. The molecule has 2 saturated heterocycles. The van der Waals surface area contributed by atoms with Gasteiger partial charge in [-0.05, 0) is 26.7 Å². The monoisotopic (exact) mass is 319 g/mol. The van der Waals surface area contributed by atoms with Gasteiger partial charge in [0, 0.05) is 44.5 Å². The van der Waals surface area contributed by atoms with E-state index in [2.05, 4.69) is 10.4 Å². The van der Waals surface area contributed by atoms with E-state index in [4.69, 9.17) is 0 Å². The van der Waals surface area contributed by atoms with Crippen molar-refractivity contribution in [3.05, 3.63) is 17.0 Å². The molecule has 3 amide bonds. The maximum Gasteiger partial charge on any atom is 0.317 e. The molecule has 0 aliphatic carbocycles. The Labute approximate surface area is 136 Å². The third-order valence-electron chi connectivity index (χ3n) is 5.07. The lowest BCUT2D eigenvalue weighted by atomic mass is 10.0. The number of amides is 3. The summed E-state index contributed by atoms with van der Waals surface area (Å²) in [6.45, 7) is 6.82. The van der Waals surface area contributed by atoms with Crippen LogP contribution in [-0.2, 0) is 18.3 Å². The zero-order valence-corrected chi connectivity index (χ0v) is 14.1. The molecule has 126 valence electrons. The Bertz CT molecular complexity index is 624. The number of carbonyl (C=O) groups is 2. The van der Waals surface area contributed by atoms with Crippen molar-refractivity contribution in [2.45, 2.75) is 39.2 Å². The summed E-state index contributed by atoms with van der Waals surface area (Å²) in [5.74, 6) is 0.133. The molecule has 0 spiro atoms. The van der Waals surface area contributed by atoms with Crippen molar-refractivity contribution in [1.29, 1.82) is 0 Å². The van der Waals surface area contributed by atoms with Gasteiger partial charge in [-0.1, -0.05) is 0 Å². The van der Waals surface area contributed by atoms with Crippen molar-refractivity contribution in [2.75, 3.05) is 26.2 Å². The molecule has 0 bridgehead atoms. The number of likely N-dealkylation sites (tertiary alicyclic amines) is 1. The first-order valence-corrected chi connectivity index (χ1v) is 8.28. The minimum absolute atomic E-state index is 0.00301. The fourth-order valence-corrected chi connectivity index (χ4v) is 3.61. The Hall–Kier alpha value is -2.05. The number of rotatable bonds is 3. The van der Waals surface area contributed by atoms with Crippen LogP contribution in [0.3, 0.4) is 0 Å². The first-order valence-electron chi connectivity index (χ1n) is 8.28. The summed E-state index contributed by atoms with van der Waals surface area (Å²) in [5, 5.41) is 7.22. The SMILES string of the molecule is Cc1nn(C)c(C)c1CC(=O)N1CCCC(N2CCNC2=O)C1. The third-order valence-corrected chi connectivity index (χ3v) is 5.07. The molecule has 2 aliphatic rings. The Morgan fingerprint density at radius 2 is 2.13 bits per heavy atom. The van der Waals surface area contributed by atoms with Gasteiger partial charge in [0.2, 0.25) is 5.91 Å². The van der Waals surface area contributed by atoms with Crippen LogP contribution in [0.25, 0.3) is 0 Å². The van der Waals surface area contributed by atoms with Crippen LogP contribution in [0.5, 0.6) is 0 Å². The van der Waals surface area contributed by atoms with Gasteiger partial charge in [-0.25, -0.2) is 4.79 Å². The summed E-state index contributed by atoms with van der Waals surface area (Å²) < 4.78 is 1.82. The molecule has 3 heterocycles. The van der Waals surface area contributed by atoms with E-state index in [1.807, 2.05) is 35.4 Å². The summed E-state index contributed by atoms with van der Waals surface area (Å²) in [5.41, 5.74) is 2.99. The van der Waals surface area contributed by atoms with Gasteiger partial charge in [0.1, 0.15) is 0 Å². The fourth-order valence-electron chi connectivity index (χ4n) is 3.61. The zero-order chi connectivity index (χ0) is 16.6. The van der Waals surface area contributed by atoms with Crippen LogP contribution in [0.2, 0.25) is 0 Å². The molecular weight excluding hydrogens is 294 g/mol. The maximum absolute atomic E-state index is 12.7. The van der Waals surface area contributed by atoms with Gasteiger partial charge in [0.15, 0.2) is 0 Å². The number of hydrogen-bond donors (Lipinski definition) is 1. The van der Waals surface area contributed by atoms with Crippen LogP contribution in [-0.4, -0.2) is 63.7 Å². The van der Waals surface area contributed by atoms with Crippen molar-refractivity contribution < 1.29 is 9.59 Å². The van der Waals surface area contributed by atoms with E-state index in [9.17, 15) is 9.59 Å². The summed E-state index contributed by atoms with van der Waals surface area (Å²) >= 11 is 0. The van der Waals surface area contributed by atoms with Gasteiger partial charge in [0.05, 0.1) is 18.2 Å². The summed E-state index contributed by atoms with van der Waals surface area (Å²) in [6.07, 6.45) is 2.32. The smallest absolute Gasteiger partial charge is 0.317 e. The van der Waals surface area contributed by atoms with Crippen molar-refractivity contribution >= 4 is 11.9 Å². The Balaban J connectivity index is 1.66. The molecular formula is C16H25N5O2. The highest BCUT2D eigenvalue weighted by Crippen LogP contribution is 2.20. The number of aromatic nitrogens is 2. The lowest BCUT2D eigenvalue weighted by Crippen LogP contribution is -2.51. The van der Waals surface area contributed by atoms with Crippen LogP contribution in [0.1, 0.15) is 29.8 Å². The number of aryl methyl sites for hydroxylation is 2. The minimum atomic E-state index is 0.00301. The highest BCUT2D eigenvalue weighted by atomic mass is 16.2. The van der Waals surface area contributed by atoms with Gasteiger partial charge in [0.25, 0.3) is 0 Å². The number of nitrogens with zero attached hydrogens (tertiary/aromatic N) is 4. The lowest BCUT2D eigenvalue weighted by molar-refractivity contribution is -0.132. The molecule has 7 nitrogen and oxygen atoms in total. The molecule has 0 aromatic carbocycles. The quantitative estimate of drug-likeness (QED) is 0.887. The van der Waals surface area contributed by atoms with Gasteiger partial charge in [-0.15, -0.1) is 0 Å². The second-order valence-corrected chi connectivity index (χ2v) is 6.51. The molecule has 1 N–H and O–H groups in total. The predicted octanol–water partition coefficient (Wildman–Crippen LogP) is 0.596. The van der Waals surface area contributed by atoms with Crippen LogP contribution in [0.15, 0.2) is 0 Å². The molecule has 1 unspecified atom stereocenters. The van der Waals surface area contributed by atoms with Gasteiger partial charge >= 0.3 is 6.03 Å². The second kappa shape index (κ2) is 6.22. The molecule has 0 radical (unpaired) electrons. The molecule has 23 heavy (non-hydrogen) atoms. The number of nitrogens with one attached hydrogen (secondary N) is 1. The number of carbonyl (C=O) groups excluding carboxylic acids is 2. The van der Waals surface area contributed by atoms with E-state index >= 15 is 0 Å². The van der Waals surface area contributed by atoms with Crippen molar-refractivity contribution in [2.24, 2.45) is 7.05 Å². The van der Waals surface area contributed by atoms with Crippen LogP contribution >= 0.6 is 0 Å². The Morgan fingerprint density at radius 1 is 1.35 bits per heavy atom. The molecule has 2 fully saturated rings. The largest absolute Gasteiger partial charge is 0.340 e. The van der Waals surface area contributed by atoms with Crippen molar-refractivity contribution in [1.82, 2.24) is 24.9 Å². The standard InChI is InChI=1S/C16H25N5O2/c1-11-14(12(2)19(3)18-11)9-15(22)20-7-4-5-13(10-20)21-8-6-17-16(21)23/h13H,4-10H2,1-3H3,(H,17,23). The van der Waals surface area contributed by atoms with Gasteiger partial charge in [-0.2, -0.15) is 5.10 Å². The molecule has 1 aromatic rings. The second-order valence-electron chi connectivity index (χ2n) is 6.51. The molecule has 1 aromatic heterocycles. The average molecular weight is 319 g/mol. The zero-order valence-electron chi connectivity index (χ0n) is 14.1. The van der Waals surface area contributed by atoms with Crippen LogP contribution < -0.4 is 5.32 Å².